The van der Waals surface area contributed by atoms with Gasteiger partial charge < -0.3 is 15.4 Å². The fourth-order valence-electron chi connectivity index (χ4n) is 2.78. The maximum Gasteiger partial charge on any atom is 0.325 e. The van der Waals surface area contributed by atoms with E-state index >= 15 is 0 Å². The molecule has 2 fully saturated rings. The molecule has 0 aromatic carbocycles. The maximum atomic E-state index is 11.9. The Labute approximate surface area is 134 Å². The Morgan fingerprint density at radius 1 is 1.30 bits per heavy atom. The number of nitrogens with zero attached hydrogens (tertiary/aromatic N) is 1. The maximum absolute atomic E-state index is 11.9. The Balaban J connectivity index is 1.68. The summed E-state index contributed by atoms with van der Waals surface area (Å²) in [4.78, 5) is 47.9. The third-order valence-corrected chi connectivity index (χ3v) is 4.07. The van der Waals surface area contributed by atoms with E-state index in [0.717, 1.165) is 30.6 Å². The summed E-state index contributed by atoms with van der Waals surface area (Å²) in [5.41, 5.74) is -0.956. The summed E-state index contributed by atoms with van der Waals surface area (Å²) >= 11 is 0. The predicted molar refractivity (Wildman–Crippen MR) is 80.3 cm³/mol. The van der Waals surface area contributed by atoms with E-state index in [1.54, 1.807) is 13.8 Å². The van der Waals surface area contributed by atoms with Crippen LogP contribution in [-0.2, 0) is 19.1 Å². The zero-order valence-corrected chi connectivity index (χ0v) is 13.5. The van der Waals surface area contributed by atoms with E-state index in [2.05, 4.69) is 10.6 Å². The zero-order valence-electron chi connectivity index (χ0n) is 13.5. The lowest BCUT2D eigenvalue weighted by Gasteiger charge is -2.15. The van der Waals surface area contributed by atoms with Gasteiger partial charge in [0.25, 0.3) is 11.8 Å². The van der Waals surface area contributed by atoms with Crippen LogP contribution >= 0.6 is 0 Å². The highest BCUT2D eigenvalue weighted by atomic mass is 16.5. The molecule has 2 N–H and O–H groups in total. The first kappa shape index (κ1) is 17.2. The molecule has 0 atom stereocenters. The Hall–Kier alpha value is -2.12. The monoisotopic (exact) mass is 325 g/mol. The van der Waals surface area contributed by atoms with Crippen molar-refractivity contribution in [3.8, 4) is 0 Å². The van der Waals surface area contributed by atoms with Crippen molar-refractivity contribution in [2.75, 3.05) is 13.2 Å². The number of ether oxygens (including phenoxy) is 1. The molecule has 1 aliphatic heterocycles. The second kappa shape index (κ2) is 6.97. The summed E-state index contributed by atoms with van der Waals surface area (Å²) in [5, 5.41) is 5.34. The molecule has 0 aromatic rings. The van der Waals surface area contributed by atoms with E-state index in [1.807, 2.05) is 0 Å². The second-order valence-corrected chi connectivity index (χ2v) is 6.47. The molecule has 128 valence electrons. The first-order chi connectivity index (χ1) is 10.8. The number of rotatable bonds is 6. The van der Waals surface area contributed by atoms with E-state index in [9.17, 15) is 19.2 Å². The van der Waals surface area contributed by atoms with Gasteiger partial charge in [-0.3, -0.25) is 19.3 Å². The minimum atomic E-state index is -0.956. The van der Waals surface area contributed by atoms with Crippen LogP contribution in [0.1, 0.15) is 46.0 Å². The van der Waals surface area contributed by atoms with Gasteiger partial charge in [0, 0.05) is 12.6 Å². The lowest BCUT2D eigenvalue weighted by molar-refractivity contribution is -0.149. The number of hydrogen-bond acceptors (Lipinski definition) is 5. The molecule has 0 radical (unpaired) electrons. The van der Waals surface area contributed by atoms with Gasteiger partial charge in [-0.2, -0.15) is 0 Å². The van der Waals surface area contributed by atoms with Gasteiger partial charge in [-0.1, -0.05) is 12.8 Å². The molecule has 2 aliphatic rings. The van der Waals surface area contributed by atoms with Crippen molar-refractivity contribution in [3.63, 3.8) is 0 Å². The highest BCUT2D eigenvalue weighted by Crippen LogP contribution is 2.18. The first-order valence-corrected chi connectivity index (χ1v) is 7.89. The van der Waals surface area contributed by atoms with E-state index < -0.39 is 17.5 Å². The summed E-state index contributed by atoms with van der Waals surface area (Å²) in [6, 6.07) is -0.346. The molecule has 1 heterocycles. The topological polar surface area (TPSA) is 105 Å². The lowest BCUT2D eigenvalue weighted by atomic mass is 10.1. The fourth-order valence-corrected chi connectivity index (χ4v) is 2.78. The van der Waals surface area contributed by atoms with Crippen LogP contribution in [0.25, 0.3) is 0 Å². The molecule has 1 aliphatic carbocycles. The number of carbonyl (C=O) groups excluding carboxylic acids is 4. The molecule has 8 heteroatoms. The molecule has 23 heavy (non-hydrogen) atoms. The summed E-state index contributed by atoms with van der Waals surface area (Å²) < 4.78 is 4.88. The van der Waals surface area contributed by atoms with Crippen molar-refractivity contribution in [1.82, 2.24) is 15.5 Å². The number of carbonyl (C=O) groups is 4. The molecule has 2 rings (SSSR count). The van der Waals surface area contributed by atoms with E-state index in [1.165, 1.54) is 0 Å². The molecular formula is C15H23N3O5. The van der Waals surface area contributed by atoms with Crippen molar-refractivity contribution < 1.29 is 23.9 Å². The Morgan fingerprint density at radius 3 is 2.52 bits per heavy atom. The summed E-state index contributed by atoms with van der Waals surface area (Å²) in [6.07, 6.45) is 4.00. The highest BCUT2D eigenvalue weighted by molar-refractivity contribution is 6.06. The molecule has 4 amide bonds. The van der Waals surface area contributed by atoms with Crippen LogP contribution < -0.4 is 10.6 Å². The third-order valence-electron chi connectivity index (χ3n) is 4.07. The molecule has 0 spiro atoms. The van der Waals surface area contributed by atoms with Crippen LogP contribution in [0.3, 0.4) is 0 Å². The standard InChI is InChI=1S/C15H23N3O5/c1-15(2)13(21)18(14(22)17-15)8-7-12(20)23-9-11(19)16-10-5-3-4-6-10/h10H,3-9H2,1-2H3,(H,16,19)(H,17,22). The minimum Gasteiger partial charge on any atom is -0.456 e. The van der Waals surface area contributed by atoms with E-state index in [0.29, 0.717) is 0 Å². The fraction of sp³-hybridized carbons (Fsp3) is 0.733. The van der Waals surface area contributed by atoms with Crippen LogP contribution in [-0.4, -0.2) is 53.4 Å². The van der Waals surface area contributed by atoms with Gasteiger partial charge in [-0.15, -0.1) is 0 Å². The average Bonchev–Trinajstić information content (AvgIpc) is 3.03. The summed E-state index contributed by atoms with van der Waals surface area (Å²) in [6.45, 7) is 2.80. The van der Waals surface area contributed by atoms with Gasteiger partial charge in [0.1, 0.15) is 5.54 Å². The van der Waals surface area contributed by atoms with Gasteiger partial charge >= 0.3 is 12.0 Å². The summed E-state index contributed by atoms with van der Waals surface area (Å²) in [5.74, 6) is -1.31. The van der Waals surface area contributed by atoms with Crippen molar-refractivity contribution in [2.45, 2.75) is 57.5 Å². The van der Waals surface area contributed by atoms with Crippen molar-refractivity contribution >= 4 is 23.8 Å². The van der Waals surface area contributed by atoms with Gasteiger partial charge in [0.15, 0.2) is 6.61 Å². The Bertz CT molecular complexity index is 511. The Morgan fingerprint density at radius 2 is 1.96 bits per heavy atom. The number of urea groups is 1. The largest absolute Gasteiger partial charge is 0.456 e. The molecule has 8 nitrogen and oxygen atoms in total. The first-order valence-electron chi connectivity index (χ1n) is 7.89. The number of nitrogens with one attached hydrogen (secondary N) is 2. The molecule has 0 bridgehead atoms. The van der Waals surface area contributed by atoms with Gasteiger partial charge in [0.2, 0.25) is 0 Å². The number of hydrogen-bond donors (Lipinski definition) is 2. The Kier molecular flexibility index (Phi) is 5.23. The average molecular weight is 325 g/mol. The van der Waals surface area contributed by atoms with Crippen LogP contribution in [0.2, 0.25) is 0 Å². The van der Waals surface area contributed by atoms with Crippen molar-refractivity contribution in [1.29, 1.82) is 0 Å². The molecular weight excluding hydrogens is 302 g/mol. The zero-order chi connectivity index (χ0) is 17.0. The summed E-state index contributed by atoms with van der Waals surface area (Å²) in [7, 11) is 0. The van der Waals surface area contributed by atoms with Gasteiger partial charge in [-0.05, 0) is 26.7 Å². The number of esters is 1. The van der Waals surface area contributed by atoms with Crippen LogP contribution in [0.5, 0.6) is 0 Å². The van der Waals surface area contributed by atoms with Crippen LogP contribution in [0.15, 0.2) is 0 Å². The predicted octanol–water partition coefficient (Wildman–Crippen LogP) is 0.309. The smallest absolute Gasteiger partial charge is 0.325 e. The van der Waals surface area contributed by atoms with Crippen LogP contribution in [0, 0.1) is 0 Å². The normalized spacial score (nSPS) is 20.5. The van der Waals surface area contributed by atoms with Crippen LogP contribution in [0.4, 0.5) is 4.79 Å². The molecule has 1 saturated carbocycles. The third kappa shape index (κ3) is 4.43. The minimum absolute atomic E-state index is 0.0584. The van der Waals surface area contributed by atoms with Gasteiger partial charge in [0.05, 0.1) is 6.42 Å². The van der Waals surface area contributed by atoms with Crippen molar-refractivity contribution in [2.24, 2.45) is 0 Å². The number of imide groups is 1. The molecule has 0 aromatic heterocycles. The molecule has 0 unspecified atom stereocenters. The lowest BCUT2D eigenvalue weighted by Crippen LogP contribution is -2.40. The quantitative estimate of drug-likeness (QED) is 0.540. The number of amides is 4. The van der Waals surface area contributed by atoms with E-state index in [-0.39, 0.29) is 37.4 Å². The van der Waals surface area contributed by atoms with E-state index in [4.69, 9.17) is 4.74 Å². The van der Waals surface area contributed by atoms with Gasteiger partial charge in [-0.25, -0.2) is 4.79 Å². The second-order valence-electron chi connectivity index (χ2n) is 6.47. The SMILES string of the molecule is CC1(C)NC(=O)N(CCC(=O)OCC(=O)NC2CCCC2)C1=O. The highest BCUT2D eigenvalue weighted by Gasteiger charge is 2.44. The molecule has 1 saturated heterocycles. The van der Waals surface area contributed by atoms with Crippen molar-refractivity contribution in [3.05, 3.63) is 0 Å².